The largest absolute Gasteiger partial charge is 0.507 e. The van der Waals surface area contributed by atoms with Gasteiger partial charge < -0.3 is 15.5 Å². The maximum Gasteiger partial charge on any atom is 0.148 e. The number of nitrogens with zero attached hydrogens (tertiary/aromatic N) is 2. The van der Waals surface area contributed by atoms with Gasteiger partial charge in [-0.15, -0.1) is 0 Å². The van der Waals surface area contributed by atoms with Gasteiger partial charge in [0.25, 0.3) is 0 Å². The van der Waals surface area contributed by atoms with Crippen molar-refractivity contribution in [2.45, 2.75) is 13.0 Å². The SMILES string of the molecule is CC(Nc1ccn(C)n1)c1c(O)cccc1O. The van der Waals surface area contributed by atoms with Crippen LogP contribution in [0, 0.1) is 0 Å². The first-order chi connectivity index (χ1) is 8.08. The number of benzene rings is 1. The van der Waals surface area contributed by atoms with E-state index in [1.807, 2.05) is 26.2 Å². The Morgan fingerprint density at radius 1 is 1.24 bits per heavy atom. The van der Waals surface area contributed by atoms with Gasteiger partial charge in [-0.1, -0.05) is 6.07 Å². The summed E-state index contributed by atoms with van der Waals surface area (Å²) in [5.74, 6) is 0.838. The lowest BCUT2D eigenvalue weighted by Gasteiger charge is -2.16. The highest BCUT2D eigenvalue weighted by Gasteiger charge is 2.15. The fraction of sp³-hybridized carbons (Fsp3) is 0.250. The zero-order valence-electron chi connectivity index (χ0n) is 9.75. The molecule has 0 aliphatic heterocycles. The number of aryl methyl sites for hydroxylation is 1. The Labute approximate surface area is 99.3 Å². The molecule has 0 spiro atoms. The second-order valence-electron chi connectivity index (χ2n) is 3.95. The highest BCUT2D eigenvalue weighted by Crippen LogP contribution is 2.33. The molecular weight excluding hydrogens is 218 g/mol. The number of phenols is 2. The molecule has 1 aromatic heterocycles. The highest BCUT2D eigenvalue weighted by molar-refractivity contribution is 5.48. The summed E-state index contributed by atoms with van der Waals surface area (Å²) in [6.07, 6.45) is 1.82. The van der Waals surface area contributed by atoms with E-state index in [2.05, 4.69) is 10.4 Å². The lowest BCUT2D eigenvalue weighted by Crippen LogP contribution is -2.08. The first kappa shape index (κ1) is 11.3. The van der Waals surface area contributed by atoms with E-state index < -0.39 is 0 Å². The van der Waals surface area contributed by atoms with Crippen LogP contribution in [0.1, 0.15) is 18.5 Å². The highest BCUT2D eigenvalue weighted by atomic mass is 16.3. The zero-order chi connectivity index (χ0) is 12.4. The molecule has 17 heavy (non-hydrogen) atoms. The van der Waals surface area contributed by atoms with Crippen molar-refractivity contribution in [1.29, 1.82) is 0 Å². The predicted octanol–water partition coefficient (Wildman–Crippen LogP) is 2.00. The molecule has 2 rings (SSSR count). The van der Waals surface area contributed by atoms with Gasteiger partial charge in [0.15, 0.2) is 0 Å². The van der Waals surface area contributed by atoms with Crippen molar-refractivity contribution in [1.82, 2.24) is 9.78 Å². The molecule has 3 N–H and O–H groups in total. The van der Waals surface area contributed by atoms with Crippen LogP contribution in [0.4, 0.5) is 5.82 Å². The van der Waals surface area contributed by atoms with Crippen molar-refractivity contribution in [3.05, 3.63) is 36.0 Å². The van der Waals surface area contributed by atoms with Crippen molar-refractivity contribution in [3.8, 4) is 11.5 Å². The molecule has 5 nitrogen and oxygen atoms in total. The van der Waals surface area contributed by atoms with Crippen molar-refractivity contribution in [2.75, 3.05) is 5.32 Å². The van der Waals surface area contributed by atoms with Gasteiger partial charge in [-0.3, -0.25) is 4.68 Å². The van der Waals surface area contributed by atoms with Gasteiger partial charge in [0, 0.05) is 19.3 Å². The van der Waals surface area contributed by atoms with Crippen LogP contribution in [0.15, 0.2) is 30.5 Å². The summed E-state index contributed by atoms with van der Waals surface area (Å²) in [5.41, 5.74) is 0.471. The average Bonchev–Trinajstić information content (AvgIpc) is 2.63. The summed E-state index contributed by atoms with van der Waals surface area (Å²) >= 11 is 0. The van der Waals surface area contributed by atoms with Crippen molar-refractivity contribution < 1.29 is 10.2 Å². The molecule has 0 saturated heterocycles. The number of anilines is 1. The summed E-state index contributed by atoms with van der Waals surface area (Å²) in [4.78, 5) is 0. The number of aromatic nitrogens is 2. The number of nitrogens with one attached hydrogen (secondary N) is 1. The van der Waals surface area contributed by atoms with E-state index in [1.165, 1.54) is 0 Å². The molecule has 0 aliphatic rings. The van der Waals surface area contributed by atoms with Crippen molar-refractivity contribution in [2.24, 2.45) is 7.05 Å². The lowest BCUT2D eigenvalue weighted by atomic mass is 10.1. The quantitative estimate of drug-likeness (QED) is 0.758. The third kappa shape index (κ3) is 2.33. The minimum atomic E-state index is -0.230. The van der Waals surface area contributed by atoms with E-state index in [1.54, 1.807) is 22.9 Å². The summed E-state index contributed by atoms with van der Waals surface area (Å²) in [5, 5.41) is 26.7. The Morgan fingerprint density at radius 3 is 2.41 bits per heavy atom. The molecular formula is C12H15N3O2. The molecule has 0 radical (unpaired) electrons. The molecule has 0 fully saturated rings. The topological polar surface area (TPSA) is 70.3 Å². The first-order valence-corrected chi connectivity index (χ1v) is 5.35. The normalized spacial score (nSPS) is 12.4. The van der Waals surface area contributed by atoms with Crippen LogP contribution in [0.5, 0.6) is 11.5 Å². The average molecular weight is 233 g/mol. The molecule has 90 valence electrons. The van der Waals surface area contributed by atoms with Crippen molar-refractivity contribution >= 4 is 5.82 Å². The summed E-state index contributed by atoms with van der Waals surface area (Å²) in [6.45, 7) is 1.85. The lowest BCUT2D eigenvalue weighted by molar-refractivity contribution is 0.434. The molecule has 1 atom stereocenters. The van der Waals surface area contributed by atoms with Crippen LogP contribution in [-0.4, -0.2) is 20.0 Å². The minimum absolute atomic E-state index is 0.0703. The van der Waals surface area contributed by atoms with Crippen LogP contribution in [0.3, 0.4) is 0 Å². The molecule has 0 amide bonds. The van der Waals surface area contributed by atoms with E-state index in [0.29, 0.717) is 11.4 Å². The van der Waals surface area contributed by atoms with Crippen molar-refractivity contribution in [3.63, 3.8) is 0 Å². The minimum Gasteiger partial charge on any atom is -0.507 e. The standard InChI is InChI=1S/C12H15N3O2/c1-8(13-11-6-7-15(2)14-11)12-9(16)4-3-5-10(12)17/h3-8,16-17H,1-2H3,(H,13,14). The van der Waals surface area contributed by atoms with Gasteiger partial charge in [0.05, 0.1) is 11.6 Å². The van der Waals surface area contributed by atoms with Crippen LogP contribution >= 0.6 is 0 Å². The Kier molecular flexibility index (Phi) is 2.91. The Hall–Kier alpha value is -2.17. The van der Waals surface area contributed by atoms with Crippen LogP contribution in [0.2, 0.25) is 0 Å². The predicted molar refractivity (Wildman–Crippen MR) is 65.0 cm³/mol. The van der Waals surface area contributed by atoms with E-state index in [4.69, 9.17) is 0 Å². The number of hydrogen-bond acceptors (Lipinski definition) is 4. The molecule has 1 aromatic carbocycles. The monoisotopic (exact) mass is 233 g/mol. The number of phenolic OH excluding ortho intramolecular Hbond substituents is 2. The third-order valence-corrected chi connectivity index (χ3v) is 2.57. The second-order valence-corrected chi connectivity index (χ2v) is 3.95. The van der Waals surface area contributed by atoms with Gasteiger partial charge in [0.1, 0.15) is 17.3 Å². The second kappa shape index (κ2) is 4.37. The van der Waals surface area contributed by atoms with E-state index in [0.717, 1.165) is 0 Å². The molecule has 1 unspecified atom stereocenters. The smallest absolute Gasteiger partial charge is 0.148 e. The van der Waals surface area contributed by atoms with E-state index in [-0.39, 0.29) is 17.5 Å². The molecule has 0 saturated carbocycles. The van der Waals surface area contributed by atoms with Gasteiger partial charge in [-0.2, -0.15) is 5.10 Å². The molecule has 0 bridgehead atoms. The van der Waals surface area contributed by atoms with E-state index >= 15 is 0 Å². The summed E-state index contributed by atoms with van der Waals surface area (Å²) in [6, 6.07) is 6.29. The van der Waals surface area contributed by atoms with Gasteiger partial charge in [-0.05, 0) is 19.1 Å². The number of rotatable bonds is 3. The Balaban J connectivity index is 2.22. The molecule has 1 heterocycles. The number of hydrogen-bond donors (Lipinski definition) is 3. The Bertz CT molecular complexity index is 502. The van der Waals surface area contributed by atoms with Crippen LogP contribution in [-0.2, 0) is 7.05 Å². The maximum atomic E-state index is 9.72. The van der Waals surface area contributed by atoms with Crippen LogP contribution < -0.4 is 5.32 Å². The molecule has 2 aromatic rings. The van der Waals surface area contributed by atoms with Gasteiger partial charge >= 0.3 is 0 Å². The zero-order valence-corrected chi connectivity index (χ0v) is 9.75. The van der Waals surface area contributed by atoms with Gasteiger partial charge in [-0.25, -0.2) is 0 Å². The van der Waals surface area contributed by atoms with E-state index in [9.17, 15) is 10.2 Å². The first-order valence-electron chi connectivity index (χ1n) is 5.35. The molecule has 5 heteroatoms. The number of aromatic hydroxyl groups is 2. The summed E-state index contributed by atoms with van der Waals surface area (Å²) in [7, 11) is 1.83. The summed E-state index contributed by atoms with van der Waals surface area (Å²) < 4.78 is 1.68. The fourth-order valence-electron chi connectivity index (χ4n) is 1.77. The molecule has 0 aliphatic carbocycles. The Morgan fingerprint density at radius 2 is 1.88 bits per heavy atom. The fourth-order valence-corrected chi connectivity index (χ4v) is 1.77. The van der Waals surface area contributed by atoms with Gasteiger partial charge in [0.2, 0.25) is 0 Å². The third-order valence-electron chi connectivity index (χ3n) is 2.57. The van der Waals surface area contributed by atoms with Crippen LogP contribution in [0.25, 0.3) is 0 Å². The maximum absolute atomic E-state index is 9.72.